The fourth-order valence-electron chi connectivity index (χ4n) is 1.91. The molecule has 0 saturated carbocycles. The van der Waals surface area contributed by atoms with Gasteiger partial charge in [-0.2, -0.15) is 0 Å². The number of hydrogen-bond donors (Lipinski definition) is 0. The summed E-state index contributed by atoms with van der Waals surface area (Å²) in [6.07, 6.45) is 1.87. The Morgan fingerprint density at radius 3 is 2.94 bits per heavy atom. The molecule has 3 aromatic rings. The average molecular weight is 229 g/mol. The van der Waals surface area contributed by atoms with Gasteiger partial charge in [0, 0.05) is 12.7 Å². The first-order valence-corrected chi connectivity index (χ1v) is 6.12. The summed E-state index contributed by atoms with van der Waals surface area (Å²) >= 11 is 1.63. The van der Waals surface area contributed by atoms with Crippen LogP contribution in [0.25, 0.3) is 21.7 Å². The predicted octanol–water partition coefficient (Wildman–Crippen LogP) is 3.18. The Balaban J connectivity index is 2.32. The van der Waals surface area contributed by atoms with E-state index >= 15 is 0 Å². The van der Waals surface area contributed by atoms with Crippen molar-refractivity contribution in [3.05, 3.63) is 36.0 Å². The van der Waals surface area contributed by atoms with Crippen LogP contribution in [0.15, 0.2) is 36.0 Å². The highest BCUT2D eigenvalue weighted by Gasteiger charge is 2.11. The molecular weight excluding hydrogens is 218 g/mol. The molecule has 2 aromatic heterocycles. The number of rotatable bonds is 2. The molecule has 1 aromatic carbocycles. The van der Waals surface area contributed by atoms with Crippen LogP contribution in [0, 0.1) is 0 Å². The Bertz CT molecular complexity index is 610. The molecule has 0 N–H and O–H groups in total. The minimum absolute atomic E-state index is 0.924. The standard InChI is InChI=1S/C12H11N3S/c1-2-15-10-6-4-3-5-9(10)14-12(15)11-7-13-8-16-11/h3-8H,2H2,1H3. The lowest BCUT2D eigenvalue weighted by Gasteiger charge is -2.02. The van der Waals surface area contributed by atoms with Crippen molar-refractivity contribution in [3.8, 4) is 10.7 Å². The Labute approximate surface area is 97.4 Å². The molecule has 0 fully saturated rings. The van der Waals surface area contributed by atoms with Gasteiger partial charge in [-0.3, -0.25) is 4.98 Å². The molecule has 0 aliphatic heterocycles. The summed E-state index contributed by atoms with van der Waals surface area (Å²) in [6, 6.07) is 8.22. The van der Waals surface area contributed by atoms with Crippen LogP contribution >= 0.6 is 11.3 Å². The van der Waals surface area contributed by atoms with Crippen LogP contribution in [0.3, 0.4) is 0 Å². The van der Waals surface area contributed by atoms with E-state index in [0.29, 0.717) is 0 Å². The van der Waals surface area contributed by atoms with Crippen molar-refractivity contribution in [2.45, 2.75) is 13.5 Å². The van der Waals surface area contributed by atoms with Gasteiger partial charge < -0.3 is 4.57 Å². The van der Waals surface area contributed by atoms with Crippen LogP contribution in [0.5, 0.6) is 0 Å². The van der Waals surface area contributed by atoms with E-state index in [4.69, 9.17) is 0 Å². The number of fused-ring (bicyclic) bond motifs is 1. The van der Waals surface area contributed by atoms with E-state index in [9.17, 15) is 0 Å². The summed E-state index contributed by atoms with van der Waals surface area (Å²) in [4.78, 5) is 9.89. The van der Waals surface area contributed by atoms with Gasteiger partial charge in [0.2, 0.25) is 0 Å². The van der Waals surface area contributed by atoms with E-state index in [2.05, 4.69) is 27.5 Å². The predicted molar refractivity (Wildman–Crippen MR) is 66.5 cm³/mol. The quantitative estimate of drug-likeness (QED) is 0.675. The lowest BCUT2D eigenvalue weighted by Crippen LogP contribution is -1.95. The summed E-state index contributed by atoms with van der Waals surface area (Å²) < 4.78 is 2.23. The normalized spacial score (nSPS) is 11.1. The van der Waals surface area contributed by atoms with Gasteiger partial charge >= 0.3 is 0 Å². The number of hydrogen-bond acceptors (Lipinski definition) is 3. The minimum atomic E-state index is 0.924. The van der Waals surface area contributed by atoms with Crippen LogP contribution in [0.2, 0.25) is 0 Å². The van der Waals surface area contributed by atoms with Crippen LogP contribution < -0.4 is 0 Å². The number of aromatic nitrogens is 3. The number of para-hydroxylation sites is 2. The second-order valence-electron chi connectivity index (χ2n) is 3.53. The van der Waals surface area contributed by atoms with Gasteiger partial charge in [0.15, 0.2) is 5.82 Å². The Kier molecular flexibility index (Phi) is 2.22. The average Bonchev–Trinajstić information content (AvgIpc) is 2.95. The summed E-state index contributed by atoms with van der Waals surface area (Å²) in [5, 5.41) is 0. The molecule has 0 unspecified atom stereocenters. The first-order valence-electron chi connectivity index (χ1n) is 5.24. The zero-order valence-electron chi connectivity index (χ0n) is 8.92. The summed E-state index contributed by atoms with van der Waals surface area (Å²) in [5.41, 5.74) is 4.08. The molecule has 16 heavy (non-hydrogen) atoms. The van der Waals surface area contributed by atoms with E-state index < -0.39 is 0 Å². The lowest BCUT2D eigenvalue weighted by atomic mass is 10.3. The van der Waals surface area contributed by atoms with Gasteiger partial charge in [0.05, 0.1) is 21.4 Å². The van der Waals surface area contributed by atoms with Gasteiger partial charge in [-0.25, -0.2) is 4.98 Å². The second kappa shape index (κ2) is 3.72. The molecule has 0 bridgehead atoms. The van der Waals surface area contributed by atoms with Crippen molar-refractivity contribution in [2.75, 3.05) is 0 Å². The highest BCUT2D eigenvalue weighted by molar-refractivity contribution is 7.13. The lowest BCUT2D eigenvalue weighted by molar-refractivity contribution is 0.798. The zero-order chi connectivity index (χ0) is 11.0. The molecule has 0 aliphatic carbocycles. The van der Waals surface area contributed by atoms with Gasteiger partial charge in [-0.15, -0.1) is 11.3 Å². The van der Waals surface area contributed by atoms with Crippen molar-refractivity contribution in [1.29, 1.82) is 0 Å². The molecule has 4 heteroatoms. The van der Waals surface area contributed by atoms with Crippen molar-refractivity contribution < 1.29 is 0 Å². The first-order chi connectivity index (χ1) is 7.90. The topological polar surface area (TPSA) is 30.7 Å². The molecular formula is C12H11N3S. The molecule has 0 aliphatic rings. The fourth-order valence-corrected chi connectivity index (χ4v) is 2.53. The summed E-state index contributed by atoms with van der Waals surface area (Å²) in [5.74, 6) is 1.02. The molecule has 0 atom stereocenters. The smallest absolute Gasteiger partial charge is 0.152 e. The van der Waals surface area contributed by atoms with E-state index in [1.54, 1.807) is 11.3 Å². The highest BCUT2D eigenvalue weighted by Crippen LogP contribution is 2.26. The molecule has 2 heterocycles. The molecule has 0 radical (unpaired) electrons. The summed E-state index contributed by atoms with van der Waals surface area (Å²) in [6.45, 7) is 3.06. The number of aryl methyl sites for hydroxylation is 1. The monoisotopic (exact) mass is 229 g/mol. The van der Waals surface area contributed by atoms with Crippen molar-refractivity contribution in [3.63, 3.8) is 0 Å². The van der Waals surface area contributed by atoms with Gasteiger partial charge in [-0.1, -0.05) is 12.1 Å². The van der Waals surface area contributed by atoms with Gasteiger partial charge in [-0.05, 0) is 19.1 Å². The van der Waals surface area contributed by atoms with E-state index in [1.807, 2.05) is 29.9 Å². The number of thiazole rings is 1. The van der Waals surface area contributed by atoms with Gasteiger partial charge in [0.25, 0.3) is 0 Å². The first kappa shape index (κ1) is 9.54. The minimum Gasteiger partial charge on any atom is -0.324 e. The zero-order valence-corrected chi connectivity index (χ0v) is 9.74. The third-order valence-corrected chi connectivity index (χ3v) is 3.39. The Morgan fingerprint density at radius 2 is 2.19 bits per heavy atom. The maximum absolute atomic E-state index is 4.66. The van der Waals surface area contributed by atoms with Crippen molar-refractivity contribution >= 4 is 22.4 Å². The van der Waals surface area contributed by atoms with E-state index in [-0.39, 0.29) is 0 Å². The Morgan fingerprint density at radius 1 is 1.31 bits per heavy atom. The molecule has 80 valence electrons. The second-order valence-corrected chi connectivity index (χ2v) is 4.42. The third-order valence-electron chi connectivity index (χ3n) is 2.62. The molecule has 3 nitrogen and oxygen atoms in total. The van der Waals surface area contributed by atoms with Crippen LogP contribution in [0.4, 0.5) is 0 Å². The summed E-state index contributed by atoms with van der Waals surface area (Å²) in [7, 11) is 0. The number of imidazole rings is 1. The van der Waals surface area contributed by atoms with E-state index in [0.717, 1.165) is 22.8 Å². The molecule has 0 saturated heterocycles. The maximum atomic E-state index is 4.66. The largest absolute Gasteiger partial charge is 0.324 e. The number of benzene rings is 1. The maximum Gasteiger partial charge on any atom is 0.152 e. The molecule has 0 amide bonds. The Hall–Kier alpha value is -1.68. The van der Waals surface area contributed by atoms with Crippen LogP contribution in [0.1, 0.15) is 6.92 Å². The van der Waals surface area contributed by atoms with Crippen molar-refractivity contribution in [1.82, 2.24) is 14.5 Å². The van der Waals surface area contributed by atoms with Crippen LogP contribution in [-0.4, -0.2) is 14.5 Å². The van der Waals surface area contributed by atoms with Gasteiger partial charge in [0.1, 0.15) is 0 Å². The molecule has 3 rings (SSSR count). The van der Waals surface area contributed by atoms with Crippen LogP contribution in [-0.2, 0) is 6.54 Å². The fraction of sp³-hybridized carbons (Fsp3) is 0.167. The number of nitrogens with zero attached hydrogens (tertiary/aromatic N) is 3. The third kappa shape index (κ3) is 1.34. The highest BCUT2D eigenvalue weighted by atomic mass is 32.1. The SMILES string of the molecule is CCn1c(-c2cncs2)nc2ccccc21. The van der Waals surface area contributed by atoms with E-state index in [1.165, 1.54) is 5.52 Å². The van der Waals surface area contributed by atoms with Crippen molar-refractivity contribution in [2.24, 2.45) is 0 Å². The molecule has 0 spiro atoms.